The van der Waals surface area contributed by atoms with Crippen LogP contribution in [-0.4, -0.2) is 48.6 Å². The van der Waals surface area contributed by atoms with Gasteiger partial charge >= 0.3 is 6.03 Å². The van der Waals surface area contributed by atoms with Gasteiger partial charge in [0.2, 0.25) is 0 Å². The van der Waals surface area contributed by atoms with Crippen molar-refractivity contribution < 1.29 is 4.79 Å². The van der Waals surface area contributed by atoms with Crippen molar-refractivity contribution in [1.29, 1.82) is 0 Å². The molecule has 22 heavy (non-hydrogen) atoms. The number of nitrogens with one attached hydrogen (secondary N) is 1. The molecule has 122 valence electrons. The summed E-state index contributed by atoms with van der Waals surface area (Å²) < 4.78 is 0. The summed E-state index contributed by atoms with van der Waals surface area (Å²) in [5.74, 6) is 1.19. The molecule has 0 radical (unpaired) electrons. The molecule has 0 aromatic heterocycles. The fraction of sp³-hybridized carbons (Fsp3) is 0.611. The molecule has 0 atom stereocenters. The van der Waals surface area contributed by atoms with Gasteiger partial charge in [-0.2, -0.15) is 0 Å². The summed E-state index contributed by atoms with van der Waals surface area (Å²) in [5.41, 5.74) is 2.17. The van der Waals surface area contributed by atoms with E-state index < -0.39 is 0 Å². The maximum Gasteiger partial charge on any atom is 0.321 e. The third-order valence-electron chi connectivity index (χ3n) is 4.11. The van der Waals surface area contributed by atoms with Crippen LogP contribution in [0.4, 0.5) is 10.5 Å². The van der Waals surface area contributed by atoms with Crippen molar-refractivity contribution in [3.63, 3.8) is 0 Å². The standard InChI is InChI=1S/C18H29N3O/c1-14(2)13-20-9-11-21(12-10-20)18(22)19-17-7-5-16(6-8-17)15(3)4/h5-8,14-15H,9-13H2,1-4H3,(H,19,22). The van der Waals surface area contributed by atoms with Gasteiger partial charge in [-0.3, -0.25) is 4.90 Å². The molecular weight excluding hydrogens is 274 g/mol. The zero-order chi connectivity index (χ0) is 16.1. The molecule has 4 heteroatoms. The molecule has 1 N–H and O–H groups in total. The van der Waals surface area contributed by atoms with Gasteiger partial charge in [0.15, 0.2) is 0 Å². The Morgan fingerprint density at radius 3 is 2.14 bits per heavy atom. The average molecular weight is 303 g/mol. The second-order valence-electron chi connectivity index (χ2n) is 6.89. The van der Waals surface area contributed by atoms with Crippen molar-refractivity contribution in [3.05, 3.63) is 29.8 Å². The van der Waals surface area contributed by atoms with Gasteiger partial charge in [0.05, 0.1) is 0 Å². The van der Waals surface area contributed by atoms with Crippen molar-refractivity contribution in [2.45, 2.75) is 33.6 Å². The summed E-state index contributed by atoms with van der Waals surface area (Å²) in [5, 5.41) is 3.00. The maximum absolute atomic E-state index is 12.3. The highest BCUT2D eigenvalue weighted by Crippen LogP contribution is 2.17. The lowest BCUT2D eigenvalue weighted by atomic mass is 10.0. The monoisotopic (exact) mass is 303 g/mol. The van der Waals surface area contributed by atoms with Gasteiger partial charge in [-0.15, -0.1) is 0 Å². The van der Waals surface area contributed by atoms with Crippen LogP contribution in [0.15, 0.2) is 24.3 Å². The summed E-state index contributed by atoms with van der Waals surface area (Å²) >= 11 is 0. The predicted octanol–water partition coefficient (Wildman–Crippen LogP) is 3.62. The van der Waals surface area contributed by atoms with E-state index in [1.807, 2.05) is 17.0 Å². The first-order chi connectivity index (χ1) is 10.5. The van der Waals surface area contributed by atoms with Crippen molar-refractivity contribution in [3.8, 4) is 0 Å². The number of anilines is 1. The highest BCUT2D eigenvalue weighted by Gasteiger charge is 2.21. The SMILES string of the molecule is CC(C)CN1CCN(C(=O)Nc2ccc(C(C)C)cc2)CC1. The largest absolute Gasteiger partial charge is 0.322 e. The normalized spacial score (nSPS) is 16.4. The van der Waals surface area contributed by atoms with E-state index in [0.29, 0.717) is 11.8 Å². The fourth-order valence-electron chi connectivity index (χ4n) is 2.80. The molecule has 0 aliphatic carbocycles. The highest BCUT2D eigenvalue weighted by molar-refractivity contribution is 5.89. The van der Waals surface area contributed by atoms with E-state index in [1.54, 1.807) is 0 Å². The van der Waals surface area contributed by atoms with Gasteiger partial charge < -0.3 is 10.2 Å². The van der Waals surface area contributed by atoms with Crippen LogP contribution in [0, 0.1) is 5.92 Å². The van der Waals surface area contributed by atoms with Crippen LogP contribution in [0.25, 0.3) is 0 Å². The van der Waals surface area contributed by atoms with E-state index in [2.05, 4.69) is 50.0 Å². The molecule has 1 aromatic carbocycles. The van der Waals surface area contributed by atoms with Crippen molar-refractivity contribution >= 4 is 11.7 Å². The van der Waals surface area contributed by atoms with Crippen molar-refractivity contribution in [2.24, 2.45) is 5.92 Å². The number of nitrogens with zero attached hydrogens (tertiary/aromatic N) is 2. The van der Waals surface area contributed by atoms with E-state index in [1.165, 1.54) is 5.56 Å². The molecule has 2 rings (SSSR count). The zero-order valence-electron chi connectivity index (χ0n) is 14.3. The molecule has 1 saturated heterocycles. The quantitative estimate of drug-likeness (QED) is 0.922. The Hall–Kier alpha value is -1.55. The molecular formula is C18H29N3O. The lowest BCUT2D eigenvalue weighted by molar-refractivity contribution is 0.138. The molecule has 0 unspecified atom stereocenters. The molecule has 1 aliphatic heterocycles. The first kappa shape index (κ1) is 16.8. The molecule has 2 amide bonds. The van der Waals surface area contributed by atoms with Crippen LogP contribution < -0.4 is 5.32 Å². The smallest absolute Gasteiger partial charge is 0.321 e. The van der Waals surface area contributed by atoms with E-state index in [4.69, 9.17) is 0 Å². The number of carbonyl (C=O) groups excluding carboxylic acids is 1. The van der Waals surface area contributed by atoms with Gasteiger partial charge in [0, 0.05) is 38.4 Å². The molecule has 1 fully saturated rings. The second-order valence-corrected chi connectivity index (χ2v) is 6.89. The number of urea groups is 1. The topological polar surface area (TPSA) is 35.6 Å². The van der Waals surface area contributed by atoms with Gasteiger partial charge in [-0.05, 0) is 29.5 Å². The van der Waals surface area contributed by atoms with Crippen LogP contribution in [0.1, 0.15) is 39.2 Å². The number of piperazine rings is 1. The summed E-state index contributed by atoms with van der Waals surface area (Å²) in [6.45, 7) is 13.5. The Kier molecular flexibility index (Phi) is 5.83. The van der Waals surface area contributed by atoms with Gasteiger partial charge in [0.25, 0.3) is 0 Å². The van der Waals surface area contributed by atoms with Crippen LogP contribution >= 0.6 is 0 Å². The fourth-order valence-corrected chi connectivity index (χ4v) is 2.80. The van der Waals surface area contributed by atoms with E-state index in [0.717, 1.165) is 38.4 Å². The minimum atomic E-state index is 0.0153. The Labute approximate surface area is 134 Å². The Balaban J connectivity index is 1.83. The number of benzene rings is 1. The Bertz CT molecular complexity index is 474. The summed E-state index contributed by atoms with van der Waals surface area (Å²) in [6.07, 6.45) is 0. The van der Waals surface area contributed by atoms with E-state index in [-0.39, 0.29) is 6.03 Å². The van der Waals surface area contributed by atoms with Gasteiger partial charge in [-0.1, -0.05) is 39.8 Å². The van der Waals surface area contributed by atoms with Crippen LogP contribution in [0.3, 0.4) is 0 Å². The molecule has 4 nitrogen and oxygen atoms in total. The maximum atomic E-state index is 12.3. The van der Waals surface area contributed by atoms with Crippen molar-refractivity contribution in [1.82, 2.24) is 9.80 Å². The molecule has 1 aliphatic rings. The summed E-state index contributed by atoms with van der Waals surface area (Å²) in [6, 6.07) is 8.16. The van der Waals surface area contributed by atoms with Gasteiger partial charge in [-0.25, -0.2) is 4.79 Å². The predicted molar refractivity (Wildman–Crippen MR) is 92.4 cm³/mol. The number of hydrogen-bond acceptors (Lipinski definition) is 2. The lowest BCUT2D eigenvalue weighted by Crippen LogP contribution is -2.50. The van der Waals surface area contributed by atoms with Gasteiger partial charge in [0.1, 0.15) is 0 Å². The molecule has 0 spiro atoms. The second kappa shape index (κ2) is 7.63. The average Bonchev–Trinajstić information content (AvgIpc) is 2.48. The minimum Gasteiger partial charge on any atom is -0.322 e. The van der Waals surface area contributed by atoms with Crippen LogP contribution in [-0.2, 0) is 0 Å². The highest BCUT2D eigenvalue weighted by atomic mass is 16.2. The molecule has 0 saturated carbocycles. The minimum absolute atomic E-state index is 0.0153. The molecule has 0 bridgehead atoms. The molecule has 1 heterocycles. The van der Waals surface area contributed by atoms with E-state index >= 15 is 0 Å². The molecule has 1 aromatic rings. The Morgan fingerprint density at radius 1 is 1.05 bits per heavy atom. The third-order valence-corrected chi connectivity index (χ3v) is 4.11. The summed E-state index contributed by atoms with van der Waals surface area (Å²) in [7, 11) is 0. The van der Waals surface area contributed by atoms with E-state index in [9.17, 15) is 4.79 Å². The lowest BCUT2D eigenvalue weighted by Gasteiger charge is -2.35. The summed E-state index contributed by atoms with van der Waals surface area (Å²) in [4.78, 5) is 16.7. The first-order valence-electron chi connectivity index (χ1n) is 8.34. The number of amides is 2. The number of rotatable bonds is 4. The zero-order valence-corrected chi connectivity index (χ0v) is 14.3. The Morgan fingerprint density at radius 2 is 1.64 bits per heavy atom. The third kappa shape index (κ3) is 4.73. The first-order valence-corrected chi connectivity index (χ1v) is 8.34. The van der Waals surface area contributed by atoms with Crippen LogP contribution in [0.5, 0.6) is 0 Å². The van der Waals surface area contributed by atoms with Crippen molar-refractivity contribution in [2.75, 3.05) is 38.0 Å². The van der Waals surface area contributed by atoms with Crippen LogP contribution in [0.2, 0.25) is 0 Å². The number of hydrogen-bond donors (Lipinski definition) is 1. The number of carbonyl (C=O) groups is 1.